The zero-order valence-corrected chi connectivity index (χ0v) is 8.25. The van der Waals surface area contributed by atoms with Gasteiger partial charge < -0.3 is 9.30 Å². The number of nitrogens with zero attached hydrogens (tertiary/aromatic N) is 2. The molecule has 1 aromatic heterocycles. The number of ether oxygens (including phenoxy) is 1. The van der Waals surface area contributed by atoms with E-state index in [9.17, 15) is 4.79 Å². The summed E-state index contributed by atoms with van der Waals surface area (Å²) in [5.41, 5.74) is 1.37. The summed E-state index contributed by atoms with van der Waals surface area (Å²) in [6.07, 6.45) is 5.90. The Kier molecular flexibility index (Phi) is 2.49. The maximum absolute atomic E-state index is 10.9. The van der Waals surface area contributed by atoms with Gasteiger partial charge >= 0.3 is 0 Å². The summed E-state index contributed by atoms with van der Waals surface area (Å²) >= 11 is 0. The van der Waals surface area contributed by atoms with E-state index in [1.165, 1.54) is 0 Å². The van der Waals surface area contributed by atoms with Crippen molar-refractivity contribution >= 4 is 6.29 Å². The number of imidazole rings is 1. The number of methoxy groups -OCH3 is 1. The third-order valence-electron chi connectivity index (χ3n) is 2.14. The molecule has 0 spiro atoms. The number of carbonyl (C=O) groups is 1. The van der Waals surface area contributed by atoms with Crippen molar-refractivity contribution in [1.29, 1.82) is 0 Å². The average molecular weight is 202 g/mol. The Balaban J connectivity index is 2.52. The van der Waals surface area contributed by atoms with Gasteiger partial charge in [0.05, 0.1) is 19.1 Å². The Labute approximate surface area is 87.1 Å². The predicted molar refractivity (Wildman–Crippen MR) is 55.5 cm³/mol. The Morgan fingerprint density at radius 2 is 2.33 bits per heavy atom. The lowest BCUT2D eigenvalue weighted by atomic mass is 10.2. The first-order valence-electron chi connectivity index (χ1n) is 4.46. The van der Waals surface area contributed by atoms with E-state index in [-0.39, 0.29) is 0 Å². The van der Waals surface area contributed by atoms with Crippen LogP contribution in [0.15, 0.2) is 36.9 Å². The maximum atomic E-state index is 10.9. The van der Waals surface area contributed by atoms with Gasteiger partial charge in [-0.25, -0.2) is 4.98 Å². The molecule has 2 aromatic rings. The lowest BCUT2D eigenvalue weighted by Gasteiger charge is -2.07. The normalized spacial score (nSPS) is 9.93. The molecule has 4 nitrogen and oxygen atoms in total. The molecule has 4 heteroatoms. The minimum absolute atomic E-state index is 0.576. The summed E-state index contributed by atoms with van der Waals surface area (Å²) in [6, 6.07) is 5.33. The Morgan fingerprint density at radius 1 is 1.47 bits per heavy atom. The average Bonchev–Trinajstić information content (AvgIpc) is 2.81. The topological polar surface area (TPSA) is 44.1 Å². The molecule has 0 aliphatic rings. The molecule has 0 amide bonds. The van der Waals surface area contributed by atoms with Gasteiger partial charge in [0.15, 0.2) is 6.29 Å². The molecule has 15 heavy (non-hydrogen) atoms. The first-order chi connectivity index (χ1) is 7.35. The van der Waals surface area contributed by atoms with Crippen molar-refractivity contribution in [3.63, 3.8) is 0 Å². The van der Waals surface area contributed by atoms with Gasteiger partial charge in [0.1, 0.15) is 5.75 Å². The van der Waals surface area contributed by atoms with E-state index in [4.69, 9.17) is 4.74 Å². The molecule has 0 aliphatic carbocycles. The zero-order valence-electron chi connectivity index (χ0n) is 8.25. The number of aldehydes is 1. The third kappa shape index (κ3) is 1.74. The van der Waals surface area contributed by atoms with Crippen LogP contribution in [0.5, 0.6) is 5.75 Å². The molecule has 0 saturated heterocycles. The van der Waals surface area contributed by atoms with Crippen molar-refractivity contribution in [3.05, 3.63) is 42.5 Å². The minimum atomic E-state index is 0.576. The summed E-state index contributed by atoms with van der Waals surface area (Å²) in [7, 11) is 1.57. The highest BCUT2D eigenvalue weighted by atomic mass is 16.5. The van der Waals surface area contributed by atoms with Gasteiger partial charge in [0.2, 0.25) is 0 Å². The van der Waals surface area contributed by atoms with Crippen molar-refractivity contribution in [2.75, 3.05) is 7.11 Å². The fourth-order valence-corrected chi connectivity index (χ4v) is 1.39. The van der Waals surface area contributed by atoms with Crippen LogP contribution in [0.3, 0.4) is 0 Å². The number of benzene rings is 1. The zero-order chi connectivity index (χ0) is 10.7. The van der Waals surface area contributed by atoms with Crippen LogP contribution in [-0.4, -0.2) is 22.9 Å². The van der Waals surface area contributed by atoms with Crippen LogP contribution in [-0.2, 0) is 0 Å². The Hall–Kier alpha value is -2.10. The van der Waals surface area contributed by atoms with E-state index in [0.717, 1.165) is 12.0 Å². The molecule has 0 saturated carbocycles. The highest BCUT2D eigenvalue weighted by molar-refractivity contribution is 5.81. The monoisotopic (exact) mass is 202 g/mol. The molecule has 0 atom stereocenters. The van der Waals surface area contributed by atoms with E-state index in [1.54, 1.807) is 36.5 Å². The van der Waals surface area contributed by atoms with Crippen molar-refractivity contribution in [2.24, 2.45) is 0 Å². The van der Waals surface area contributed by atoms with Crippen LogP contribution in [0, 0.1) is 0 Å². The lowest BCUT2D eigenvalue weighted by molar-refractivity contribution is 0.112. The Bertz CT molecular complexity index is 463. The minimum Gasteiger partial charge on any atom is -0.497 e. The number of rotatable bonds is 3. The van der Waals surface area contributed by atoms with Crippen molar-refractivity contribution < 1.29 is 9.53 Å². The van der Waals surface area contributed by atoms with Gasteiger partial charge in [0.25, 0.3) is 0 Å². The van der Waals surface area contributed by atoms with E-state index < -0.39 is 0 Å². The molecule has 0 aliphatic heterocycles. The number of hydrogen-bond acceptors (Lipinski definition) is 3. The van der Waals surface area contributed by atoms with Crippen molar-refractivity contribution in [1.82, 2.24) is 9.55 Å². The predicted octanol–water partition coefficient (Wildman–Crippen LogP) is 1.69. The molecule has 76 valence electrons. The maximum Gasteiger partial charge on any atom is 0.152 e. The van der Waals surface area contributed by atoms with Crippen LogP contribution in [0.25, 0.3) is 5.69 Å². The summed E-state index contributed by atoms with van der Waals surface area (Å²) in [5, 5.41) is 0. The summed E-state index contributed by atoms with van der Waals surface area (Å²) in [5.74, 6) is 0.668. The van der Waals surface area contributed by atoms with Gasteiger partial charge in [-0.05, 0) is 18.2 Å². The second kappa shape index (κ2) is 3.96. The molecule has 2 rings (SSSR count). The highest BCUT2D eigenvalue weighted by Crippen LogP contribution is 2.19. The van der Waals surface area contributed by atoms with E-state index >= 15 is 0 Å². The van der Waals surface area contributed by atoms with Gasteiger partial charge in [-0.1, -0.05) is 0 Å². The fraction of sp³-hybridized carbons (Fsp3) is 0.0909. The molecular formula is C11H10N2O2. The van der Waals surface area contributed by atoms with Gasteiger partial charge in [0, 0.05) is 18.0 Å². The van der Waals surface area contributed by atoms with E-state index in [1.807, 2.05) is 12.1 Å². The fourth-order valence-electron chi connectivity index (χ4n) is 1.39. The van der Waals surface area contributed by atoms with Crippen LogP contribution < -0.4 is 4.74 Å². The molecule has 1 heterocycles. The quantitative estimate of drug-likeness (QED) is 0.711. The highest BCUT2D eigenvalue weighted by Gasteiger charge is 2.04. The number of hydrogen-bond donors (Lipinski definition) is 0. The molecular weight excluding hydrogens is 192 g/mol. The molecule has 0 N–H and O–H groups in total. The second-order valence-corrected chi connectivity index (χ2v) is 3.01. The number of carbonyl (C=O) groups excluding carboxylic acids is 1. The van der Waals surface area contributed by atoms with Gasteiger partial charge in [-0.3, -0.25) is 4.79 Å². The molecule has 0 radical (unpaired) electrons. The SMILES string of the molecule is COc1ccc(-n2ccnc2)c(C=O)c1. The van der Waals surface area contributed by atoms with Gasteiger partial charge in [-0.2, -0.15) is 0 Å². The summed E-state index contributed by atoms with van der Waals surface area (Å²) in [4.78, 5) is 14.8. The summed E-state index contributed by atoms with van der Waals surface area (Å²) < 4.78 is 6.83. The first kappa shape index (κ1) is 9.45. The lowest BCUT2D eigenvalue weighted by Crippen LogP contribution is -1.97. The van der Waals surface area contributed by atoms with E-state index in [2.05, 4.69) is 4.98 Å². The van der Waals surface area contributed by atoms with Gasteiger partial charge in [-0.15, -0.1) is 0 Å². The smallest absolute Gasteiger partial charge is 0.152 e. The Morgan fingerprint density at radius 3 is 2.93 bits per heavy atom. The van der Waals surface area contributed by atoms with Crippen molar-refractivity contribution in [2.45, 2.75) is 0 Å². The second-order valence-electron chi connectivity index (χ2n) is 3.01. The van der Waals surface area contributed by atoms with Crippen LogP contribution in [0.2, 0.25) is 0 Å². The van der Waals surface area contributed by atoms with E-state index in [0.29, 0.717) is 11.3 Å². The third-order valence-corrected chi connectivity index (χ3v) is 2.14. The van der Waals surface area contributed by atoms with Crippen LogP contribution in [0.1, 0.15) is 10.4 Å². The molecule has 0 unspecified atom stereocenters. The standard InChI is InChI=1S/C11H10N2O2/c1-15-10-2-3-11(9(6-10)7-14)13-5-4-12-8-13/h2-8H,1H3. The van der Waals surface area contributed by atoms with Crippen molar-refractivity contribution in [3.8, 4) is 11.4 Å². The largest absolute Gasteiger partial charge is 0.497 e. The number of aromatic nitrogens is 2. The first-order valence-corrected chi connectivity index (χ1v) is 4.46. The van der Waals surface area contributed by atoms with Crippen LogP contribution in [0.4, 0.5) is 0 Å². The van der Waals surface area contributed by atoms with Crippen LogP contribution >= 0.6 is 0 Å². The summed E-state index contributed by atoms with van der Waals surface area (Å²) in [6.45, 7) is 0. The molecule has 0 bridgehead atoms. The molecule has 0 fully saturated rings. The molecule has 1 aromatic carbocycles.